The van der Waals surface area contributed by atoms with Gasteiger partial charge in [-0.25, -0.2) is 12.8 Å². The van der Waals surface area contributed by atoms with E-state index in [2.05, 4.69) is 0 Å². The molecule has 2 N–H and O–H groups in total. The number of rotatable bonds is 3. The summed E-state index contributed by atoms with van der Waals surface area (Å²) in [7, 11) is -3.53. The second-order valence-corrected chi connectivity index (χ2v) is 6.29. The highest BCUT2D eigenvalue weighted by atomic mass is 32.2. The summed E-state index contributed by atoms with van der Waals surface area (Å²) in [6.07, 6.45) is 0.916. The van der Waals surface area contributed by atoms with Crippen LogP contribution < -0.4 is 10.9 Å². The highest BCUT2D eigenvalue weighted by Crippen LogP contribution is 2.02. The second kappa shape index (κ2) is 5.79. The Bertz CT molecular complexity index is 583. The first-order chi connectivity index (χ1) is 8.71. The molecule has 1 aromatic rings. The van der Waals surface area contributed by atoms with Gasteiger partial charge in [-0.3, -0.25) is 20.4 Å². The molecule has 0 saturated carbocycles. The molecule has 0 saturated heterocycles. The van der Waals surface area contributed by atoms with Crippen LogP contribution in [0.2, 0.25) is 0 Å². The normalized spacial score (nSPS) is 12.6. The van der Waals surface area contributed by atoms with Gasteiger partial charge in [-0.2, -0.15) is 0 Å². The lowest BCUT2D eigenvalue weighted by Gasteiger charge is -2.11. The van der Waals surface area contributed by atoms with E-state index in [1.54, 1.807) is 0 Å². The zero-order chi connectivity index (χ0) is 14.6. The summed E-state index contributed by atoms with van der Waals surface area (Å²) in [6, 6.07) is 4.65. The lowest BCUT2D eigenvalue weighted by molar-refractivity contribution is -0.121. The van der Waals surface area contributed by atoms with Gasteiger partial charge < -0.3 is 0 Å². The van der Waals surface area contributed by atoms with Crippen molar-refractivity contribution < 1.29 is 22.4 Å². The summed E-state index contributed by atoms with van der Waals surface area (Å²) in [6.45, 7) is 1.20. The maximum absolute atomic E-state index is 12.6. The van der Waals surface area contributed by atoms with Crippen molar-refractivity contribution in [3.63, 3.8) is 0 Å². The number of amides is 2. The third kappa shape index (κ3) is 4.32. The van der Waals surface area contributed by atoms with Crippen LogP contribution in [0, 0.1) is 5.82 Å². The van der Waals surface area contributed by atoms with Gasteiger partial charge in [-0.05, 0) is 31.2 Å². The zero-order valence-corrected chi connectivity index (χ0v) is 11.1. The fraction of sp³-hybridized carbons (Fsp3) is 0.273. The van der Waals surface area contributed by atoms with Crippen molar-refractivity contribution in [2.45, 2.75) is 12.2 Å². The molecule has 19 heavy (non-hydrogen) atoms. The van der Waals surface area contributed by atoms with Crippen molar-refractivity contribution in [3.8, 4) is 0 Å². The Morgan fingerprint density at radius 1 is 1.16 bits per heavy atom. The van der Waals surface area contributed by atoms with Crippen molar-refractivity contribution in [1.82, 2.24) is 10.9 Å². The van der Waals surface area contributed by atoms with E-state index in [0.29, 0.717) is 0 Å². The van der Waals surface area contributed by atoms with E-state index in [0.717, 1.165) is 18.4 Å². The van der Waals surface area contributed by atoms with Crippen LogP contribution in [-0.4, -0.2) is 31.7 Å². The average Bonchev–Trinajstić information content (AvgIpc) is 2.34. The van der Waals surface area contributed by atoms with Gasteiger partial charge in [-0.1, -0.05) is 0 Å². The number of carbonyl (C=O) groups is 2. The van der Waals surface area contributed by atoms with Crippen LogP contribution in [0.25, 0.3) is 0 Å². The fourth-order valence-electron chi connectivity index (χ4n) is 1.09. The molecule has 0 aliphatic carbocycles. The van der Waals surface area contributed by atoms with Crippen LogP contribution in [0.5, 0.6) is 0 Å². The molecule has 6 nitrogen and oxygen atoms in total. The van der Waals surface area contributed by atoms with Crippen LogP contribution >= 0.6 is 0 Å². The monoisotopic (exact) mass is 288 g/mol. The SMILES string of the molecule is CC(C(=O)NNC(=O)c1ccc(F)cc1)S(C)(=O)=O. The minimum atomic E-state index is -3.53. The van der Waals surface area contributed by atoms with E-state index in [9.17, 15) is 22.4 Å². The quantitative estimate of drug-likeness (QED) is 0.767. The molecule has 0 aliphatic heterocycles. The molecule has 0 bridgehead atoms. The van der Waals surface area contributed by atoms with Crippen molar-refractivity contribution in [1.29, 1.82) is 0 Å². The van der Waals surface area contributed by atoms with Gasteiger partial charge in [-0.15, -0.1) is 0 Å². The molecule has 2 amide bonds. The number of carbonyl (C=O) groups excluding carboxylic acids is 2. The van der Waals surface area contributed by atoms with Gasteiger partial charge in [0, 0.05) is 11.8 Å². The summed E-state index contributed by atoms with van der Waals surface area (Å²) < 4.78 is 34.9. The third-order valence-electron chi connectivity index (χ3n) is 2.42. The van der Waals surface area contributed by atoms with Gasteiger partial charge in [0.15, 0.2) is 9.84 Å². The zero-order valence-electron chi connectivity index (χ0n) is 10.3. The number of hydrogen-bond acceptors (Lipinski definition) is 4. The fourth-order valence-corrected chi connectivity index (χ4v) is 1.54. The molecule has 0 aliphatic rings. The molecule has 104 valence electrons. The molecule has 0 fully saturated rings. The van der Waals surface area contributed by atoms with Crippen LogP contribution in [0.4, 0.5) is 4.39 Å². The van der Waals surface area contributed by atoms with Crippen LogP contribution in [-0.2, 0) is 14.6 Å². The second-order valence-electron chi connectivity index (χ2n) is 3.92. The maximum Gasteiger partial charge on any atom is 0.269 e. The van der Waals surface area contributed by atoms with Gasteiger partial charge in [0.05, 0.1) is 0 Å². The summed E-state index contributed by atoms with van der Waals surface area (Å²) in [5.74, 6) is -2.02. The van der Waals surface area contributed by atoms with E-state index in [4.69, 9.17) is 0 Å². The first-order valence-corrected chi connectivity index (χ1v) is 7.22. The number of benzene rings is 1. The Balaban J connectivity index is 2.60. The number of nitrogens with one attached hydrogen (secondary N) is 2. The molecule has 0 aromatic heterocycles. The van der Waals surface area contributed by atoms with Crippen LogP contribution in [0.3, 0.4) is 0 Å². The lowest BCUT2D eigenvalue weighted by atomic mass is 10.2. The van der Waals surface area contributed by atoms with Crippen LogP contribution in [0.15, 0.2) is 24.3 Å². The smallest absolute Gasteiger partial charge is 0.269 e. The molecule has 1 rings (SSSR count). The lowest BCUT2D eigenvalue weighted by Crippen LogP contribution is -2.47. The Kier molecular flexibility index (Phi) is 4.60. The minimum Gasteiger partial charge on any atom is -0.272 e. The Hall–Kier alpha value is -1.96. The molecule has 1 unspecified atom stereocenters. The number of sulfone groups is 1. The molecular formula is C11H13FN2O4S. The Morgan fingerprint density at radius 2 is 1.68 bits per heavy atom. The third-order valence-corrected chi connectivity index (χ3v) is 3.92. The van der Waals surface area contributed by atoms with Crippen molar-refractivity contribution in [2.75, 3.05) is 6.26 Å². The van der Waals surface area contributed by atoms with Gasteiger partial charge >= 0.3 is 0 Å². The predicted octanol–water partition coefficient (Wildman–Crippen LogP) is 0.0198. The van der Waals surface area contributed by atoms with Gasteiger partial charge in [0.1, 0.15) is 11.1 Å². The molecule has 8 heteroatoms. The first kappa shape index (κ1) is 15.1. The summed E-state index contributed by atoms with van der Waals surface area (Å²) in [5, 5.41) is -1.28. The van der Waals surface area contributed by atoms with Crippen molar-refractivity contribution >= 4 is 21.7 Å². The number of hydrazine groups is 1. The molecule has 0 heterocycles. The van der Waals surface area contributed by atoms with Gasteiger partial charge in [0.2, 0.25) is 0 Å². The number of hydrogen-bond donors (Lipinski definition) is 2. The minimum absolute atomic E-state index is 0.133. The Labute approximate surface area is 109 Å². The largest absolute Gasteiger partial charge is 0.272 e. The van der Waals surface area contributed by atoms with E-state index >= 15 is 0 Å². The predicted molar refractivity (Wildman–Crippen MR) is 66.3 cm³/mol. The summed E-state index contributed by atoms with van der Waals surface area (Å²) in [5.41, 5.74) is 4.17. The standard InChI is InChI=1S/C11H13FN2O4S/c1-7(19(2,17)18)10(15)13-14-11(16)8-3-5-9(12)6-4-8/h3-7H,1-2H3,(H,13,15)(H,14,16). The maximum atomic E-state index is 12.6. The van der Waals surface area contributed by atoms with E-state index < -0.39 is 32.7 Å². The van der Waals surface area contributed by atoms with E-state index in [1.807, 2.05) is 10.9 Å². The molecular weight excluding hydrogens is 275 g/mol. The first-order valence-electron chi connectivity index (χ1n) is 5.26. The topological polar surface area (TPSA) is 92.3 Å². The van der Waals surface area contributed by atoms with Crippen molar-refractivity contribution in [2.24, 2.45) is 0 Å². The van der Waals surface area contributed by atoms with Crippen molar-refractivity contribution in [3.05, 3.63) is 35.6 Å². The number of halogens is 1. The van der Waals surface area contributed by atoms with E-state index in [1.165, 1.54) is 19.1 Å². The highest BCUT2D eigenvalue weighted by molar-refractivity contribution is 7.92. The summed E-state index contributed by atoms with van der Waals surface area (Å²) >= 11 is 0. The van der Waals surface area contributed by atoms with E-state index in [-0.39, 0.29) is 5.56 Å². The molecule has 1 aromatic carbocycles. The summed E-state index contributed by atoms with van der Waals surface area (Å²) in [4.78, 5) is 22.9. The molecule has 1 atom stereocenters. The highest BCUT2D eigenvalue weighted by Gasteiger charge is 2.23. The molecule has 0 spiro atoms. The van der Waals surface area contributed by atoms with Gasteiger partial charge in [0.25, 0.3) is 11.8 Å². The Morgan fingerprint density at radius 3 is 2.16 bits per heavy atom. The van der Waals surface area contributed by atoms with Crippen LogP contribution in [0.1, 0.15) is 17.3 Å². The average molecular weight is 288 g/mol. The molecule has 0 radical (unpaired) electrons.